The summed E-state index contributed by atoms with van der Waals surface area (Å²) >= 11 is 1.47. The Hall–Kier alpha value is -2.67. The summed E-state index contributed by atoms with van der Waals surface area (Å²) < 4.78 is 5.33. The SMILES string of the molecule is C[C@H](OC(=O)c1cc2c(s1)CCCCC2)C(=O)Nc1ccc(C(N)=O)cc1. The van der Waals surface area contributed by atoms with Crippen molar-refractivity contribution < 1.29 is 19.1 Å². The number of anilines is 1. The van der Waals surface area contributed by atoms with Crippen molar-refractivity contribution in [1.29, 1.82) is 0 Å². The van der Waals surface area contributed by atoms with E-state index in [9.17, 15) is 14.4 Å². The molecular formula is C20H22N2O4S. The molecule has 0 saturated carbocycles. The number of fused-ring (bicyclic) bond motifs is 1. The summed E-state index contributed by atoms with van der Waals surface area (Å²) in [6, 6.07) is 8.09. The summed E-state index contributed by atoms with van der Waals surface area (Å²) in [6.45, 7) is 1.53. The van der Waals surface area contributed by atoms with Crippen molar-refractivity contribution in [2.75, 3.05) is 5.32 Å². The number of nitrogens with two attached hydrogens (primary N) is 1. The molecule has 1 heterocycles. The van der Waals surface area contributed by atoms with Crippen molar-refractivity contribution >= 4 is 34.8 Å². The molecule has 1 aromatic carbocycles. The first-order valence-corrected chi connectivity index (χ1v) is 9.79. The van der Waals surface area contributed by atoms with Crippen molar-refractivity contribution in [2.45, 2.75) is 45.1 Å². The number of amides is 2. The minimum absolute atomic E-state index is 0.352. The lowest BCUT2D eigenvalue weighted by Gasteiger charge is -2.13. The molecule has 1 aliphatic rings. The molecule has 2 aromatic rings. The van der Waals surface area contributed by atoms with Crippen molar-refractivity contribution in [3.63, 3.8) is 0 Å². The smallest absolute Gasteiger partial charge is 0.349 e. The van der Waals surface area contributed by atoms with Crippen molar-refractivity contribution in [2.24, 2.45) is 5.73 Å². The van der Waals surface area contributed by atoms with Gasteiger partial charge in [0.05, 0.1) is 0 Å². The summed E-state index contributed by atoms with van der Waals surface area (Å²) in [6.07, 6.45) is 4.58. The minimum Gasteiger partial charge on any atom is -0.448 e. The topological polar surface area (TPSA) is 98.5 Å². The molecule has 1 atom stereocenters. The number of benzene rings is 1. The Morgan fingerprint density at radius 2 is 1.81 bits per heavy atom. The van der Waals surface area contributed by atoms with E-state index in [1.165, 1.54) is 47.3 Å². The maximum atomic E-state index is 12.4. The molecule has 1 aliphatic carbocycles. The summed E-state index contributed by atoms with van der Waals surface area (Å²) in [5, 5.41) is 2.66. The zero-order valence-corrected chi connectivity index (χ0v) is 15.9. The van der Waals surface area contributed by atoms with E-state index in [2.05, 4.69) is 5.32 Å². The maximum absolute atomic E-state index is 12.4. The quantitative estimate of drug-likeness (QED) is 0.608. The molecule has 0 saturated heterocycles. The molecule has 3 N–H and O–H groups in total. The lowest BCUT2D eigenvalue weighted by atomic mass is 10.1. The van der Waals surface area contributed by atoms with Crippen LogP contribution in [0.3, 0.4) is 0 Å². The first-order valence-electron chi connectivity index (χ1n) is 8.97. The van der Waals surface area contributed by atoms with E-state index in [1.54, 1.807) is 12.1 Å². The molecule has 3 rings (SSSR count). The molecule has 0 bridgehead atoms. The van der Waals surface area contributed by atoms with Gasteiger partial charge in [-0.1, -0.05) is 6.42 Å². The highest BCUT2D eigenvalue weighted by Gasteiger charge is 2.22. The van der Waals surface area contributed by atoms with Gasteiger partial charge in [0, 0.05) is 16.1 Å². The van der Waals surface area contributed by atoms with Gasteiger partial charge >= 0.3 is 5.97 Å². The lowest BCUT2D eigenvalue weighted by molar-refractivity contribution is -0.123. The Labute approximate surface area is 161 Å². The average molecular weight is 386 g/mol. The molecule has 27 heavy (non-hydrogen) atoms. The second-order valence-corrected chi connectivity index (χ2v) is 7.73. The second kappa shape index (κ2) is 8.35. The van der Waals surface area contributed by atoms with Crippen LogP contribution in [0.25, 0.3) is 0 Å². The van der Waals surface area contributed by atoms with Crippen LogP contribution in [0.5, 0.6) is 0 Å². The molecule has 2 amide bonds. The lowest BCUT2D eigenvalue weighted by Crippen LogP contribution is -2.29. The number of carbonyl (C=O) groups is 3. The van der Waals surface area contributed by atoms with E-state index in [-0.39, 0.29) is 0 Å². The van der Waals surface area contributed by atoms with Crippen molar-refractivity contribution in [3.8, 4) is 0 Å². The number of nitrogens with one attached hydrogen (secondary N) is 1. The first kappa shape index (κ1) is 19.1. The van der Waals surface area contributed by atoms with E-state index < -0.39 is 23.9 Å². The second-order valence-electron chi connectivity index (χ2n) is 6.60. The Morgan fingerprint density at radius 3 is 2.52 bits per heavy atom. The van der Waals surface area contributed by atoms with Crippen LogP contribution in [0.1, 0.15) is 56.7 Å². The molecule has 0 aliphatic heterocycles. The summed E-state index contributed by atoms with van der Waals surface area (Å²) in [4.78, 5) is 37.5. The van der Waals surface area contributed by atoms with Gasteiger partial charge in [-0.15, -0.1) is 11.3 Å². The van der Waals surface area contributed by atoms with Gasteiger partial charge in [0.25, 0.3) is 5.91 Å². The number of thiophene rings is 1. The third kappa shape index (κ3) is 4.74. The van der Waals surface area contributed by atoms with Gasteiger partial charge in [0.2, 0.25) is 5.91 Å². The van der Waals surface area contributed by atoms with Crippen LogP contribution in [0.15, 0.2) is 30.3 Å². The fraction of sp³-hybridized carbons (Fsp3) is 0.350. The standard InChI is InChI=1S/C20H22N2O4S/c1-12(19(24)22-15-9-7-13(8-10-15)18(21)23)26-20(25)17-11-14-5-3-2-4-6-16(14)27-17/h7-12H,2-6H2,1H3,(H2,21,23)(H,22,24)/t12-/m0/s1. The van der Waals surface area contributed by atoms with Gasteiger partial charge in [-0.3, -0.25) is 9.59 Å². The summed E-state index contributed by atoms with van der Waals surface area (Å²) in [7, 11) is 0. The Balaban J connectivity index is 1.59. The fourth-order valence-electron chi connectivity index (χ4n) is 3.00. The van der Waals surface area contributed by atoms with Gasteiger partial charge in [0.15, 0.2) is 6.10 Å². The third-order valence-corrected chi connectivity index (χ3v) is 5.75. The minimum atomic E-state index is -0.935. The van der Waals surface area contributed by atoms with Crippen LogP contribution >= 0.6 is 11.3 Å². The van der Waals surface area contributed by atoms with Crippen LogP contribution in [0.4, 0.5) is 5.69 Å². The highest BCUT2D eigenvalue weighted by atomic mass is 32.1. The number of primary amides is 1. The third-order valence-electron chi connectivity index (χ3n) is 4.54. The number of rotatable bonds is 5. The number of hydrogen-bond acceptors (Lipinski definition) is 5. The van der Waals surface area contributed by atoms with Crippen molar-refractivity contribution in [3.05, 3.63) is 51.2 Å². The Kier molecular flexibility index (Phi) is 5.91. The van der Waals surface area contributed by atoms with Gasteiger partial charge in [0.1, 0.15) is 4.88 Å². The van der Waals surface area contributed by atoms with Crippen LogP contribution in [0, 0.1) is 0 Å². The molecule has 0 unspecified atom stereocenters. The van der Waals surface area contributed by atoms with E-state index in [0.29, 0.717) is 16.1 Å². The largest absolute Gasteiger partial charge is 0.448 e. The van der Waals surface area contributed by atoms with Gasteiger partial charge in [-0.2, -0.15) is 0 Å². The summed E-state index contributed by atoms with van der Waals surface area (Å²) in [5.41, 5.74) is 7.27. The highest BCUT2D eigenvalue weighted by Crippen LogP contribution is 2.29. The predicted molar refractivity (Wildman–Crippen MR) is 104 cm³/mol. The van der Waals surface area contributed by atoms with Crippen LogP contribution in [0.2, 0.25) is 0 Å². The summed E-state index contributed by atoms with van der Waals surface area (Å²) in [5.74, 6) is -1.45. The number of esters is 1. The number of hydrogen-bond donors (Lipinski definition) is 2. The van der Waals surface area contributed by atoms with Crippen LogP contribution in [-0.2, 0) is 22.4 Å². The van der Waals surface area contributed by atoms with E-state index >= 15 is 0 Å². The Bertz CT molecular complexity index is 834. The van der Waals surface area contributed by atoms with Crippen LogP contribution in [-0.4, -0.2) is 23.9 Å². The Morgan fingerprint density at radius 1 is 1.11 bits per heavy atom. The van der Waals surface area contributed by atoms with Crippen molar-refractivity contribution in [1.82, 2.24) is 0 Å². The van der Waals surface area contributed by atoms with E-state index in [1.807, 2.05) is 6.07 Å². The molecule has 7 heteroatoms. The fourth-order valence-corrected chi connectivity index (χ4v) is 4.14. The molecule has 0 fully saturated rings. The molecule has 142 valence electrons. The first-order chi connectivity index (χ1) is 12.9. The predicted octanol–water partition coefficient (Wildman–Crippen LogP) is 3.30. The monoisotopic (exact) mass is 386 g/mol. The number of carbonyl (C=O) groups excluding carboxylic acids is 3. The van der Waals surface area contributed by atoms with E-state index in [0.717, 1.165) is 25.7 Å². The average Bonchev–Trinajstić information content (AvgIpc) is 2.93. The number of aryl methyl sites for hydroxylation is 2. The zero-order valence-electron chi connectivity index (χ0n) is 15.1. The van der Waals surface area contributed by atoms with Gasteiger partial charge < -0.3 is 15.8 Å². The molecule has 6 nitrogen and oxygen atoms in total. The molecule has 0 spiro atoms. The normalized spacial score (nSPS) is 14.6. The molecule has 1 aromatic heterocycles. The maximum Gasteiger partial charge on any atom is 0.349 e. The molecular weight excluding hydrogens is 364 g/mol. The van der Waals surface area contributed by atoms with E-state index in [4.69, 9.17) is 10.5 Å². The van der Waals surface area contributed by atoms with Gasteiger partial charge in [-0.25, -0.2) is 4.79 Å². The number of ether oxygens (including phenoxy) is 1. The van der Waals surface area contributed by atoms with Crippen LogP contribution < -0.4 is 11.1 Å². The van der Waals surface area contributed by atoms with Gasteiger partial charge in [-0.05, 0) is 68.5 Å². The molecule has 0 radical (unpaired) electrons. The zero-order chi connectivity index (χ0) is 19.4. The highest BCUT2D eigenvalue weighted by molar-refractivity contribution is 7.14.